The number of phenols is 3. The molecule has 0 bridgehead atoms. The van der Waals surface area contributed by atoms with Gasteiger partial charge >= 0.3 is 0 Å². The third kappa shape index (κ3) is 2.90. The lowest BCUT2D eigenvalue weighted by Gasteiger charge is -2.02. The summed E-state index contributed by atoms with van der Waals surface area (Å²) in [7, 11) is 0. The molecule has 120 valence electrons. The van der Waals surface area contributed by atoms with E-state index in [2.05, 4.69) is 0 Å². The van der Waals surface area contributed by atoms with Gasteiger partial charge in [-0.2, -0.15) is 0 Å². The standard InChI is InChI=1S/C10H9NO.C10H8O2/c11-9-5-1-4-8-7(9)3-2-6-10(8)12;11-9-5-1-3-7-8(9)4-2-6-10(7)12/h1-6,12H,11H2;1-6,11-12H. The molecule has 4 aromatic carbocycles. The van der Waals surface area contributed by atoms with Crippen molar-refractivity contribution >= 4 is 27.2 Å². The van der Waals surface area contributed by atoms with Crippen LogP contribution in [-0.2, 0) is 0 Å². The molecule has 0 unspecified atom stereocenters. The molecule has 4 heteroatoms. The Bertz CT molecular complexity index is 846. The second-order valence-corrected chi connectivity index (χ2v) is 5.37. The molecule has 0 spiro atoms. The van der Waals surface area contributed by atoms with E-state index in [1.807, 2.05) is 24.3 Å². The predicted octanol–water partition coefficient (Wildman–Crippen LogP) is 4.38. The van der Waals surface area contributed by atoms with Gasteiger partial charge < -0.3 is 21.1 Å². The van der Waals surface area contributed by atoms with Gasteiger partial charge in [-0.15, -0.1) is 0 Å². The van der Waals surface area contributed by atoms with Crippen molar-refractivity contribution in [2.24, 2.45) is 0 Å². The fraction of sp³-hybridized carbons (Fsp3) is 0. The Hall–Kier alpha value is -3.40. The van der Waals surface area contributed by atoms with Crippen molar-refractivity contribution in [2.45, 2.75) is 0 Å². The minimum atomic E-state index is 0.198. The van der Waals surface area contributed by atoms with Gasteiger partial charge in [0.05, 0.1) is 0 Å². The first-order chi connectivity index (χ1) is 11.6. The van der Waals surface area contributed by atoms with Crippen LogP contribution in [0.5, 0.6) is 17.2 Å². The molecule has 0 aliphatic carbocycles. The molecule has 0 amide bonds. The molecular weight excluding hydrogens is 302 g/mol. The van der Waals surface area contributed by atoms with E-state index >= 15 is 0 Å². The molecule has 24 heavy (non-hydrogen) atoms. The van der Waals surface area contributed by atoms with Crippen LogP contribution in [0.1, 0.15) is 0 Å². The smallest absolute Gasteiger partial charge is 0.123 e. The van der Waals surface area contributed by atoms with Crippen molar-refractivity contribution in [1.82, 2.24) is 0 Å². The average molecular weight is 319 g/mol. The number of benzene rings is 4. The summed E-state index contributed by atoms with van der Waals surface area (Å²) in [6.45, 7) is 0. The van der Waals surface area contributed by atoms with Crippen LogP contribution in [-0.4, -0.2) is 15.3 Å². The van der Waals surface area contributed by atoms with Crippen molar-refractivity contribution in [3.63, 3.8) is 0 Å². The molecule has 0 radical (unpaired) electrons. The van der Waals surface area contributed by atoms with Gasteiger partial charge in [-0.3, -0.25) is 0 Å². The zero-order valence-electron chi connectivity index (χ0n) is 12.8. The first kappa shape index (κ1) is 15.5. The number of nitrogens with two attached hydrogens (primary N) is 1. The highest BCUT2D eigenvalue weighted by Gasteiger charge is 2.01. The van der Waals surface area contributed by atoms with E-state index < -0.39 is 0 Å². The number of phenolic OH excluding ortho intramolecular Hbond substituents is 3. The second-order valence-electron chi connectivity index (χ2n) is 5.37. The molecule has 0 aromatic heterocycles. The number of nitrogen functional groups attached to an aromatic ring is 1. The predicted molar refractivity (Wildman–Crippen MR) is 97.3 cm³/mol. The van der Waals surface area contributed by atoms with Crippen molar-refractivity contribution in [3.05, 3.63) is 72.8 Å². The SMILES string of the molecule is Nc1cccc2c(O)cccc12.Oc1cccc2c(O)cccc12. The van der Waals surface area contributed by atoms with Crippen LogP contribution < -0.4 is 5.73 Å². The van der Waals surface area contributed by atoms with E-state index in [1.165, 1.54) is 0 Å². The zero-order chi connectivity index (χ0) is 17.1. The lowest BCUT2D eigenvalue weighted by Crippen LogP contribution is -1.85. The zero-order valence-corrected chi connectivity index (χ0v) is 12.8. The largest absolute Gasteiger partial charge is 0.507 e. The van der Waals surface area contributed by atoms with E-state index in [0.29, 0.717) is 16.5 Å². The Kier molecular flexibility index (Phi) is 4.12. The first-order valence-corrected chi connectivity index (χ1v) is 7.44. The molecule has 0 saturated heterocycles. The monoisotopic (exact) mass is 319 g/mol. The quantitative estimate of drug-likeness (QED) is 0.362. The number of anilines is 1. The Balaban J connectivity index is 0.000000141. The average Bonchev–Trinajstić information content (AvgIpc) is 2.58. The fourth-order valence-electron chi connectivity index (χ4n) is 2.59. The lowest BCUT2D eigenvalue weighted by molar-refractivity contribution is 0.475. The summed E-state index contributed by atoms with van der Waals surface area (Å²) in [4.78, 5) is 0. The van der Waals surface area contributed by atoms with E-state index in [1.54, 1.807) is 48.5 Å². The van der Waals surface area contributed by atoms with Crippen LogP contribution in [0.3, 0.4) is 0 Å². The molecule has 0 aliphatic heterocycles. The van der Waals surface area contributed by atoms with Crippen LogP contribution in [0.15, 0.2) is 72.8 Å². The van der Waals surface area contributed by atoms with Crippen molar-refractivity contribution in [1.29, 1.82) is 0 Å². The molecule has 4 rings (SSSR count). The van der Waals surface area contributed by atoms with Crippen LogP contribution in [0.2, 0.25) is 0 Å². The molecule has 0 aliphatic rings. The maximum Gasteiger partial charge on any atom is 0.123 e. The van der Waals surface area contributed by atoms with Crippen LogP contribution in [0.4, 0.5) is 5.69 Å². The summed E-state index contributed by atoms with van der Waals surface area (Å²) in [5.74, 6) is 0.673. The number of fused-ring (bicyclic) bond motifs is 2. The van der Waals surface area contributed by atoms with Crippen molar-refractivity contribution in [2.75, 3.05) is 5.73 Å². The van der Waals surface area contributed by atoms with Gasteiger partial charge in [0, 0.05) is 27.2 Å². The van der Waals surface area contributed by atoms with Crippen LogP contribution >= 0.6 is 0 Å². The molecule has 0 atom stereocenters. The highest BCUT2D eigenvalue weighted by molar-refractivity contribution is 5.96. The summed E-state index contributed by atoms with van der Waals surface area (Å²) in [5.41, 5.74) is 6.41. The van der Waals surface area contributed by atoms with Crippen molar-refractivity contribution < 1.29 is 15.3 Å². The molecule has 5 N–H and O–H groups in total. The van der Waals surface area contributed by atoms with Gasteiger partial charge in [-0.1, -0.05) is 48.5 Å². The third-order valence-electron chi connectivity index (χ3n) is 3.81. The number of hydrogen-bond acceptors (Lipinski definition) is 4. The van der Waals surface area contributed by atoms with Crippen LogP contribution in [0.25, 0.3) is 21.5 Å². The fourth-order valence-corrected chi connectivity index (χ4v) is 2.59. The van der Waals surface area contributed by atoms with Crippen LogP contribution in [0, 0.1) is 0 Å². The third-order valence-corrected chi connectivity index (χ3v) is 3.81. The summed E-state index contributed by atoms with van der Waals surface area (Å²) in [6, 6.07) is 21.0. The van der Waals surface area contributed by atoms with Crippen molar-refractivity contribution in [3.8, 4) is 17.2 Å². The van der Waals surface area contributed by atoms with Gasteiger partial charge in [0.25, 0.3) is 0 Å². The van der Waals surface area contributed by atoms with Gasteiger partial charge in [-0.05, 0) is 24.3 Å². The lowest BCUT2D eigenvalue weighted by atomic mass is 10.1. The highest BCUT2D eigenvalue weighted by atomic mass is 16.3. The Morgan fingerprint density at radius 3 is 1.21 bits per heavy atom. The number of rotatable bonds is 0. The normalized spacial score (nSPS) is 10.3. The van der Waals surface area contributed by atoms with E-state index in [-0.39, 0.29) is 17.2 Å². The Morgan fingerprint density at radius 2 is 0.792 bits per heavy atom. The summed E-state index contributed by atoms with van der Waals surface area (Å²) < 4.78 is 0. The Morgan fingerprint density at radius 1 is 0.458 bits per heavy atom. The minimum Gasteiger partial charge on any atom is -0.507 e. The number of aromatic hydroxyl groups is 3. The summed E-state index contributed by atoms with van der Waals surface area (Å²) >= 11 is 0. The maximum atomic E-state index is 9.44. The van der Waals surface area contributed by atoms with E-state index in [4.69, 9.17) is 5.73 Å². The summed E-state index contributed by atoms with van der Waals surface area (Å²) in [5, 5.41) is 31.3. The van der Waals surface area contributed by atoms with E-state index in [9.17, 15) is 15.3 Å². The molecule has 0 heterocycles. The minimum absolute atomic E-state index is 0.198. The van der Waals surface area contributed by atoms with E-state index in [0.717, 1.165) is 10.8 Å². The van der Waals surface area contributed by atoms with Gasteiger partial charge in [-0.25, -0.2) is 0 Å². The van der Waals surface area contributed by atoms with Gasteiger partial charge in [0.15, 0.2) is 0 Å². The maximum absolute atomic E-state index is 9.44. The molecule has 0 saturated carbocycles. The highest BCUT2D eigenvalue weighted by Crippen LogP contribution is 2.30. The molecular formula is C20H17NO3. The first-order valence-electron chi connectivity index (χ1n) is 7.44. The van der Waals surface area contributed by atoms with Gasteiger partial charge in [0.2, 0.25) is 0 Å². The second kappa shape index (κ2) is 6.38. The van der Waals surface area contributed by atoms with Gasteiger partial charge in [0.1, 0.15) is 17.2 Å². The molecule has 4 aromatic rings. The summed E-state index contributed by atoms with van der Waals surface area (Å²) in [6.07, 6.45) is 0. The number of hydrogen-bond donors (Lipinski definition) is 4. The molecule has 4 nitrogen and oxygen atoms in total. The Labute approximate surface area is 139 Å². The topological polar surface area (TPSA) is 86.7 Å². The molecule has 0 fully saturated rings.